The van der Waals surface area contributed by atoms with Gasteiger partial charge in [0.25, 0.3) is 0 Å². The van der Waals surface area contributed by atoms with E-state index in [9.17, 15) is 5.11 Å². The zero-order valence-electron chi connectivity index (χ0n) is 14.1. The van der Waals surface area contributed by atoms with Crippen LogP contribution in [0, 0.1) is 6.92 Å². The molecule has 1 fully saturated rings. The molecular weight excluding hydrogens is 290 g/mol. The summed E-state index contributed by atoms with van der Waals surface area (Å²) in [4.78, 5) is 6.72. The molecule has 0 spiro atoms. The van der Waals surface area contributed by atoms with Gasteiger partial charge in [0, 0.05) is 25.3 Å². The lowest BCUT2D eigenvalue weighted by molar-refractivity contribution is -0.0418. The summed E-state index contributed by atoms with van der Waals surface area (Å²) in [6.07, 6.45) is 5.37. The molecule has 6 heteroatoms. The number of hydrogen-bond donors (Lipinski definition) is 1. The molecule has 0 aliphatic carbocycles. The number of piperidine rings is 1. The lowest BCUT2D eigenvalue weighted by atomic mass is 9.90. The Hall–Kier alpha value is -1.79. The van der Waals surface area contributed by atoms with Crippen LogP contribution in [0.3, 0.4) is 0 Å². The van der Waals surface area contributed by atoms with Crippen LogP contribution in [-0.4, -0.2) is 43.1 Å². The number of likely N-dealkylation sites (tertiary alicyclic amines) is 1. The van der Waals surface area contributed by atoms with Crippen LogP contribution >= 0.6 is 0 Å². The topological polar surface area (TPSA) is 67.1 Å². The first kappa shape index (κ1) is 16.1. The number of hydrogen-bond acceptors (Lipinski definition) is 5. The Balaban J connectivity index is 1.75. The molecule has 1 saturated heterocycles. The summed E-state index contributed by atoms with van der Waals surface area (Å²) in [5.74, 6) is 0. The van der Waals surface area contributed by atoms with Crippen LogP contribution in [0.15, 0.2) is 24.5 Å². The summed E-state index contributed by atoms with van der Waals surface area (Å²) >= 11 is 0. The van der Waals surface area contributed by atoms with E-state index in [0.29, 0.717) is 12.2 Å². The summed E-state index contributed by atoms with van der Waals surface area (Å²) in [5, 5.41) is 19.4. The Morgan fingerprint density at radius 1 is 1.39 bits per heavy atom. The fourth-order valence-corrected chi connectivity index (χ4v) is 3.11. The van der Waals surface area contributed by atoms with Gasteiger partial charge in [0.2, 0.25) is 0 Å². The molecule has 1 atom stereocenters. The summed E-state index contributed by atoms with van der Waals surface area (Å²) in [6, 6.07) is 4.28. The van der Waals surface area contributed by atoms with Crippen LogP contribution in [-0.2, 0) is 12.1 Å². The molecule has 23 heavy (non-hydrogen) atoms. The maximum atomic E-state index is 11.1. The Morgan fingerprint density at radius 3 is 2.91 bits per heavy atom. The quantitative estimate of drug-likeness (QED) is 0.935. The van der Waals surface area contributed by atoms with Gasteiger partial charge >= 0.3 is 0 Å². The van der Waals surface area contributed by atoms with Crippen molar-refractivity contribution in [3.05, 3.63) is 41.5 Å². The first-order valence-corrected chi connectivity index (χ1v) is 8.25. The highest BCUT2D eigenvalue weighted by molar-refractivity contribution is 5.18. The van der Waals surface area contributed by atoms with Gasteiger partial charge in [-0.3, -0.25) is 9.88 Å². The first-order chi connectivity index (χ1) is 11.0. The van der Waals surface area contributed by atoms with Crippen molar-refractivity contribution in [2.24, 2.45) is 0 Å². The smallest absolute Gasteiger partial charge is 0.123 e. The second kappa shape index (κ2) is 6.37. The van der Waals surface area contributed by atoms with E-state index in [4.69, 9.17) is 0 Å². The monoisotopic (exact) mass is 315 g/mol. The third kappa shape index (κ3) is 3.43. The average Bonchev–Trinajstić information content (AvgIpc) is 3.01. The molecular formula is C17H25N5O. The molecule has 0 unspecified atom stereocenters. The van der Waals surface area contributed by atoms with E-state index >= 15 is 0 Å². The van der Waals surface area contributed by atoms with Crippen molar-refractivity contribution in [3.63, 3.8) is 0 Å². The average molecular weight is 315 g/mol. The van der Waals surface area contributed by atoms with Crippen LogP contribution in [0.4, 0.5) is 0 Å². The highest BCUT2D eigenvalue weighted by atomic mass is 16.3. The van der Waals surface area contributed by atoms with Crippen LogP contribution in [0.5, 0.6) is 0 Å². The number of rotatable bonds is 4. The Morgan fingerprint density at radius 2 is 2.22 bits per heavy atom. The van der Waals surface area contributed by atoms with Crippen LogP contribution < -0.4 is 0 Å². The molecule has 6 nitrogen and oxygen atoms in total. The number of aryl methyl sites for hydroxylation is 1. The largest absolute Gasteiger partial charge is 0.382 e. The van der Waals surface area contributed by atoms with Gasteiger partial charge in [-0.05, 0) is 51.8 Å². The second-order valence-corrected chi connectivity index (χ2v) is 6.79. The predicted molar refractivity (Wildman–Crippen MR) is 87.8 cm³/mol. The molecule has 0 bridgehead atoms. The van der Waals surface area contributed by atoms with E-state index in [1.54, 1.807) is 4.68 Å². The van der Waals surface area contributed by atoms with Gasteiger partial charge in [0.15, 0.2) is 0 Å². The van der Waals surface area contributed by atoms with Crippen molar-refractivity contribution in [1.82, 2.24) is 24.9 Å². The van der Waals surface area contributed by atoms with Crippen molar-refractivity contribution in [2.45, 2.75) is 51.8 Å². The van der Waals surface area contributed by atoms with E-state index in [1.807, 2.05) is 18.5 Å². The fourth-order valence-electron chi connectivity index (χ4n) is 3.11. The Labute approximate surface area is 137 Å². The molecule has 1 aliphatic rings. The summed E-state index contributed by atoms with van der Waals surface area (Å²) in [7, 11) is 0. The molecule has 0 saturated carbocycles. The SMILES string of the molecule is Cc1cccnc1CN1CCC[C@@](O)(c2cn(C(C)C)nn2)C1. The Bertz CT molecular complexity index is 669. The predicted octanol–water partition coefficient (Wildman–Crippen LogP) is 2.05. The molecule has 2 aromatic rings. The number of pyridine rings is 1. The van der Waals surface area contributed by atoms with Crippen LogP contribution in [0.1, 0.15) is 49.7 Å². The highest BCUT2D eigenvalue weighted by Gasteiger charge is 2.37. The van der Waals surface area contributed by atoms with Gasteiger partial charge in [0.05, 0.1) is 11.9 Å². The van der Waals surface area contributed by atoms with Gasteiger partial charge in [-0.15, -0.1) is 5.10 Å². The minimum Gasteiger partial charge on any atom is -0.382 e. The van der Waals surface area contributed by atoms with E-state index in [2.05, 4.69) is 47.0 Å². The molecule has 3 rings (SSSR count). The third-order valence-corrected chi connectivity index (χ3v) is 4.56. The van der Waals surface area contributed by atoms with Gasteiger partial charge < -0.3 is 5.11 Å². The molecule has 0 aromatic carbocycles. The molecule has 2 aromatic heterocycles. The van der Waals surface area contributed by atoms with E-state index < -0.39 is 5.60 Å². The molecule has 1 N–H and O–H groups in total. The van der Waals surface area contributed by atoms with Gasteiger partial charge in [0.1, 0.15) is 11.3 Å². The van der Waals surface area contributed by atoms with Crippen molar-refractivity contribution >= 4 is 0 Å². The van der Waals surface area contributed by atoms with E-state index in [1.165, 1.54) is 5.56 Å². The molecule has 1 aliphatic heterocycles. The van der Waals surface area contributed by atoms with Crippen LogP contribution in [0.25, 0.3) is 0 Å². The van der Waals surface area contributed by atoms with Gasteiger partial charge in [-0.2, -0.15) is 0 Å². The van der Waals surface area contributed by atoms with Crippen molar-refractivity contribution < 1.29 is 5.11 Å². The summed E-state index contributed by atoms with van der Waals surface area (Å²) in [5.41, 5.74) is 2.01. The molecule has 0 amide bonds. The minimum absolute atomic E-state index is 0.246. The molecule has 124 valence electrons. The lowest BCUT2D eigenvalue weighted by Gasteiger charge is -2.38. The normalized spacial score (nSPS) is 22.7. The van der Waals surface area contributed by atoms with Gasteiger partial charge in [-0.1, -0.05) is 11.3 Å². The van der Waals surface area contributed by atoms with Gasteiger partial charge in [-0.25, -0.2) is 4.68 Å². The first-order valence-electron chi connectivity index (χ1n) is 8.25. The number of aliphatic hydroxyl groups is 1. The zero-order chi connectivity index (χ0) is 16.4. The van der Waals surface area contributed by atoms with E-state index in [0.717, 1.165) is 31.6 Å². The highest BCUT2D eigenvalue weighted by Crippen LogP contribution is 2.31. The lowest BCUT2D eigenvalue weighted by Crippen LogP contribution is -2.46. The Kier molecular flexibility index (Phi) is 4.46. The van der Waals surface area contributed by atoms with Crippen molar-refractivity contribution in [2.75, 3.05) is 13.1 Å². The minimum atomic E-state index is -0.923. The summed E-state index contributed by atoms with van der Waals surface area (Å²) in [6.45, 7) is 8.48. The van der Waals surface area contributed by atoms with Crippen molar-refractivity contribution in [1.29, 1.82) is 0 Å². The molecule has 0 radical (unpaired) electrons. The number of nitrogens with zero attached hydrogens (tertiary/aromatic N) is 5. The maximum Gasteiger partial charge on any atom is 0.123 e. The second-order valence-electron chi connectivity index (χ2n) is 6.79. The summed E-state index contributed by atoms with van der Waals surface area (Å²) < 4.78 is 1.80. The van der Waals surface area contributed by atoms with E-state index in [-0.39, 0.29) is 6.04 Å². The zero-order valence-corrected chi connectivity index (χ0v) is 14.1. The maximum absolute atomic E-state index is 11.1. The number of β-amino-alcohol motifs (C(OH)–C–C–N with tert-alkyl or cyclic N) is 1. The third-order valence-electron chi connectivity index (χ3n) is 4.56. The number of aromatic nitrogens is 4. The molecule has 3 heterocycles. The fraction of sp³-hybridized carbons (Fsp3) is 0.588. The van der Waals surface area contributed by atoms with Crippen LogP contribution in [0.2, 0.25) is 0 Å². The standard InChI is InChI=1S/C17H25N5O/c1-13(2)22-11-16(19-20-22)17(23)7-5-9-21(12-17)10-15-14(3)6-4-8-18-15/h4,6,8,11,13,23H,5,7,9-10,12H2,1-3H3/t17-/m0/s1. The van der Waals surface area contributed by atoms with Crippen molar-refractivity contribution in [3.8, 4) is 0 Å².